The summed E-state index contributed by atoms with van der Waals surface area (Å²) >= 11 is 0. The van der Waals surface area contributed by atoms with E-state index in [0.717, 1.165) is 10.9 Å². The highest BCUT2D eigenvalue weighted by Crippen LogP contribution is 2.22. The molecule has 78 valence electrons. The zero-order valence-corrected chi connectivity index (χ0v) is 8.32. The summed E-state index contributed by atoms with van der Waals surface area (Å²) in [5.41, 5.74) is 6.90. The van der Waals surface area contributed by atoms with Crippen molar-refractivity contribution in [1.82, 2.24) is 4.98 Å². The predicted molar refractivity (Wildman–Crippen MR) is 58.8 cm³/mol. The fourth-order valence-electron chi connectivity index (χ4n) is 1.64. The van der Waals surface area contributed by atoms with Gasteiger partial charge in [0, 0.05) is 16.9 Å². The van der Waals surface area contributed by atoms with Gasteiger partial charge < -0.3 is 15.8 Å². The third-order valence-corrected chi connectivity index (χ3v) is 2.39. The minimum Gasteiger partial charge on any atom is -0.503 e. The maximum absolute atomic E-state index is 11.2. The molecule has 2 aromatic rings. The summed E-state index contributed by atoms with van der Waals surface area (Å²) in [5, 5.41) is 10.1. The van der Waals surface area contributed by atoms with Gasteiger partial charge in [0.1, 0.15) is 0 Å². The number of aromatic nitrogens is 1. The quantitative estimate of drug-likeness (QED) is 0.654. The van der Waals surface area contributed by atoms with E-state index in [9.17, 15) is 9.90 Å². The summed E-state index contributed by atoms with van der Waals surface area (Å²) in [5.74, 6) is -0.282. The molecule has 1 heterocycles. The summed E-state index contributed by atoms with van der Waals surface area (Å²) in [6.45, 7) is 1.86. The lowest BCUT2D eigenvalue weighted by atomic mass is 10.0. The number of hydrogen-bond donors (Lipinski definition) is 3. The van der Waals surface area contributed by atoms with Crippen molar-refractivity contribution in [2.75, 3.05) is 0 Å². The summed E-state index contributed by atoms with van der Waals surface area (Å²) in [6, 6.07) is 6.80. The number of nitrogens with one attached hydrogen (secondary N) is 1. The molecule has 4 N–H and O–H groups in total. The zero-order valence-electron chi connectivity index (χ0n) is 8.32. The van der Waals surface area contributed by atoms with Crippen LogP contribution in [0.1, 0.15) is 18.5 Å². The van der Waals surface area contributed by atoms with E-state index in [4.69, 9.17) is 5.73 Å². The van der Waals surface area contributed by atoms with Crippen molar-refractivity contribution in [2.24, 2.45) is 5.73 Å². The molecule has 0 spiro atoms. The van der Waals surface area contributed by atoms with Gasteiger partial charge in [0.25, 0.3) is 5.56 Å². The first-order chi connectivity index (χ1) is 7.09. The Morgan fingerprint density at radius 3 is 2.87 bits per heavy atom. The van der Waals surface area contributed by atoms with Gasteiger partial charge in [0.05, 0.1) is 0 Å². The number of rotatable bonds is 1. The van der Waals surface area contributed by atoms with E-state index >= 15 is 0 Å². The van der Waals surface area contributed by atoms with Crippen molar-refractivity contribution < 1.29 is 5.11 Å². The highest BCUT2D eigenvalue weighted by Gasteiger charge is 2.07. The lowest BCUT2D eigenvalue weighted by Gasteiger charge is -2.09. The largest absolute Gasteiger partial charge is 0.503 e. The Morgan fingerprint density at radius 2 is 2.20 bits per heavy atom. The number of aromatic amines is 1. The summed E-state index contributed by atoms with van der Waals surface area (Å²) in [4.78, 5) is 13.8. The Bertz CT molecular complexity index is 558. The molecule has 4 nitrogen and oxygen atoms in total. The molecule has 0 fully saturated rings. The monoisotopic (exact) mass is 204 g/mol. The number of nitrogens with two attached hydrogens (primary N) is 1. The number of aromatic hydroxyl groups is 1. The fourth-order valence-corrected chi connectivity index (χ4v) is 1.64. The van der Waals surface area contributed by atoms with Crippen LogP contribution in [0.15, 0.2) is 29.1 Å². The first kappa shape index (κ1) is 9.73. The van der Waals surface area contributed by atoms with Gasteiger partial charge in [-0.1, -0.05) is 12.1 Å². The van der Waals surface area contributed by atoms with Crippen molar-refractivity contribution in [3.8, 4) is 5.75 Å². The van der Waals surface area contributed by atoms with Gasteiger partial charge >= 0.3 is 0 Å². The molecule has 0 aliphatic rings. The van der Waals surface area contributed by atoms with Crippen LogP contribution in [0, 0.1) is 0 Å². The molecule has 0 saturated carbocycles. The molecule has 0 saturated heterocycles. The molecular weight excluding hydrogens is 192 g/mol. The first-order valence-corrected chi connectivity index (χ1v) is 4.70. The van der Waals surface area contributed by atoms with Crippen LogP contribution in [0.25, 0.3) is 10.9 Å². The van der Waals surface area contributed by atoms with Crippen molar-refractivity contribution in [2.45, 2.75) is 13.0 Å². The second kappa shape index (κ2) is 3.40. The van der Waals surface area contributed by atoms with Crippen LogP contribution >= 0.6 is 0 Å². The van der Waals surface area contributed by atoms with E-state index < -0.39 is 5.56 Å². The normalized spacial score (nSPS) is 12.9. The molecule has 1 atom stereocenters. The second-order valence-corrected chi connectivity index (χ2v) is 3.58. The third kappa shape index (κ3) is 1.59. The standard InChI is InChI=1S/C11H12N2O2/c1-6(12)7-3-2-4-9-8(7)5-10(14)11(15)13-9/h2-6,14H,12H2,1H3,(H,13,15). The van der Waals surface area contributed by atoms with E-state index in [2.05, 4.69) is 4.98 Å². The average molecular weight is 204 g/mol. The summed E-state index contributed by atoms with van der Waals surface area (Å²) in [6.07, 6.45) is 0. The van der Waals surface area contributed by atoms with Crippen molar-refractivity contribution in [3.63, 3.8) is 0 Å². The Labute approximate surface area is 86.4 Å². The number of pyridine rings is 1. The Morgan fingerprint density at radius 1 is 1.47 bits per heavy atom. The van der Waals surface area contributed by atoms with Gasteiger partial charge in [-0.25, -0.2) is 0 Å². The van der Waals surface area contributed by atoms with Gasteiger partial charge in [-0.2, -0.15) is 0 Å². The van der Waals surface area contributed by atoms with E-state index in [0.29, 0.717) is 5.52 Å². The maximum atomic E-state index is 11.2. The maximum Gasteiger partial charge on any atom is 0.290 e. The topological polar surface area (TPSA) is 79.1 Å². The van der Waals surface area contributed by atoms with Crippen molar-refractivity contribution in [1.29, 1.82) is 0 Å². The molecule has 1 aromatic heterocycles. The molecule has 0 radical (unpaired) electrons. The van der Waals surface area contributed by atoms with Crippen molar-refractivity contribution in [3.05, 3.63) is 40.2 Å². The van der Waals surface area contributed by atoms with Gasteiger partial charge in [0.15, 0.2) is 5.75 Å². The average Bonchev–Trinajstić information content (AvgIpc) is 2.18. The molecule has 1 aromatic carbocycles. The lowest BCUT2D eigenvalue weighted by Crippen LogP contribution is -2.09. The molecule has 0 aliphatic carbocycles. The molecule has 0 bridgehead atoms. The predicted octanol–water partition coefficient (Wildman–Crippen LogP) is 1.25. The van der Waals surface area contributed by atoms with E-state index in [1.807, 2.05) is 19.1 Å². The number of H-pyrrole nitrogens is 1. The SMILES string of the molecule is CC(N)c1cccc2[nH]c(=O)c(O)cc12. The summed E-state index contributed by atoms with van der Waals surface area (Å²) < 4.78 is 0. The number of fused-ring (bicyclic) bond motifs is 1. The number of hydrogen-bond acceptors (Lipinski definition) is 3. The molecule has 15 heavy (non-hydrogen) atoms. The second-order valence-electron chi connectivity index (χ2n) is 3.58. The van der Waals surface area contributed by atoms with Crippen LogP contribution in [0.5, 0.6) is 5.75 Å². The highest BCUT2D eigenvalue weighted by atomic mass is 16.3. The number of benzene rings is 1. The van der Waals surface area contributed by atoms with E-state index in [1.54, 1.807) is 6.07 Å². The van der Waals surface area contributed by atoms with Crippen LogP contribution < -0.4 is 11.3 Å². The first-order valence-electron chi connectivity index (χ1n) is 4.70. The van der Waals surface area contributed by atoms with Gasteiger partial charge in [0.2, 0.25) is 0 Å². The van der Waals surface area contributed by atoms with Gasteiger partial charge in [-0.05, 0) is 24.6 Å². The molecule has 0 amide bonds. The van der Waals surface area contributed by atoms with Gasteiger partial charge in [-0.3, -0.25) is 4.79 Å². The molecule has 4 heteroatoms. The van der Waals surface area contributed by atoms with Crippen LogP contribution in [-0.2, 0) is 0 Å². The highest BCUT2D eigenvalue weighted by molar-refractivity contribution is 5.83. The molecular formula is C11H12N2O2. The minimum absolute atomic E-state index is 0.140. The van der Waals surface area contributed by atoms with E-state index in [1.165, 1.54) is 6.07 Å². The molecule has 0 aliphatic heterocycles. The van der Waals surface area contributed by atoms with Crippen LogP contribution in [-0.4, -0.2) is 10.1 Å². The Hall–Kier alpha value is -1.81. The van der Waals surface area contributed by atoms with E-state index in [-0.39, 0.29) is 11.8 Å². The zero-order chi connectivity index (χ0) is 11.0. The Balaban J connectivity index is 2.86. The van der Waals surface area contributed by atoms with Crippen molar-refractivity contribution >= 4 is 10.9 Å². The molecule has 2 rings (SSSR count). The smallest absolute Gasteiger partial charge is 0.290 e. The van der Waals surface area contributed by atoms with Crippen LogP contribution in [0.2, 0.25) is 0 Å². The summed E-state index contributed by atoms with van der Waals surface area (Å²) in [7, 11) is 0. The van der Waals surface area contributed by atoms with Crippen LogP contribution in [0.4, 0.5) is 0 Å². The minimum atomic E-state index is -0.482. The van der Waals surface area contributed by atoms with Crippen LogP contribution in [0.3, 0.4) is 0 Å². The fraction of sp³-hybridized carbons (Fsp3) is 0.182. The lowest BCUT2D eigenvalue weighted by molar-refractivity contribution is 0.468. The Kier molecular flexibility index (Phi) is 2.21. The third-order valence-electron chi connectivity index (χ3n) is 2.39. The van der Waals surface area contributed by atoms with Gasteiger partial charge in [-0.15, -0.1) is 0 Å². The molecule has 1 unspecified atom stereocenters.